The van der Waals surface area contributed by atoms with Crippen molar-refractivity contribution in [3.05, 3.63) is 40.6 Å². The van der Waals surface area contributed by atoms with Crippen molar-refractivity contribution in [1.82, 2.24) is 0 Å². The molecule has 2 aromatic rings. The number of aryl methyl sites for hydroxylation is 1. The summed E-state index contributed by atoms with van der Waals surface area (Å²) in [7, 11) is 1.71. The minimum atomic E-state index is 0.939. The highest BCUT2D eigenvalue weighted by atomic mass is 32.1. The van der Waals surface area contributed by atoms with Crippen LogP contribution in [0.4, 0.5) is 0 Å². The molecule has 0 unspecified atom stereocenters. The molecule has 0 atom stereocenters. The third-order valence-corrected chi connectivity index (χ3v) is 3.11. The first kappa shape index (κ1) is 9.28. The molecule has 0 bridgehead atoms. The third kappa shape index (κ3) is 1.53. The summed E-state index contributed by atoms with van der Waals surface area (Å²) >= 11 is 1.72. The second kappa shape index (κ2) is 3.84. The molecule has 1 nitrogen and oxygen atoms in total. The van der Waals surface area contributed by atoms with Gasteiger partial charge in [0.2, 0.25) is 0 Å². The van der Waals surface area contributed by atoms with Gasteiger partial charge in [-0.1, -0.05) is 18.2 Å². The number of benzene rings is 1. The SMILES string of the molecule is COc1ccccc1-c1cscc1C. The van der Waals surface area contributed by atoms with Gasteiger partial charge in [0.05, 0.1) is 7.11 Å². The zero-order chi connectivity index (χ0) is 9.97. The topological polar surface area (TPSA) is 9.23 Å². The highest BCUT2D eigenvalue weighted by Gasteiger charge is 2.07. The Hall–Kier alpha value is -1.28. The Morgan fingerprint density at radius 2 is 1.86 bits per heavy atom. The molecule has 0 fully saturated rings. The molecule has 2 heteroatoms. The second-order valence-electron chi connectivity index (χ2n) is 3.17. The normalized spacial score (nSPS) is 10.1. The molecular formula is C12H12OS. The van der Waals surface area contributed by atoms with Gasteiger partial charge >= 0.3 is 0 Å². The monoisotopic (exact) mass is 204 g/mol. The van der Waals surface area contributed by atoms with Crippen LogP contribution in [0, 0.1) is 6.92 Å². The van der Waals surface area contributed by atoms with Crippen molar-refractivity contribution in [2.24, 2.45) is 0 Å². The first-order chi connectivity index (χ1) is 6.83. The number of ether oxygens (including phenoxy) is 1. The summed E-state index contributed by atoms with van der Waals surface area (Å²) in [6.45, 7) is 2.12. The van der Waals surface area contributed by atoms with Crippen LogP contribution in [0.15, 0.2) is 35.0 Å². The van der Waals surface area contributed by atoms with Crippen molar-refractivity contribution in [2.75, 3.05) is 7.11 Å². The molecule has 1 aromatic carbocycles. The van der Waals surface area contributed by atoms with Crippen LogP contribution < -0.4 is 4.74 Å². The molecule has 0 aliphatic rings. The van der Waals surface area contributed by atoms with E-state index in [1.165, 1.54) is 16.7 Å². The van der Waals surface area contributed by atoms with Gasteiger partial charge in [-0.25, -0.2) is 0 Å². The highest BCUT2D eigenvalue weighted by Crippen LogP contribution is 2.33. The third-order valence-electron chi connectivity index (χ3n) is 2.25. The highest BCUT2D eigenvalue weighted by molar-refractivity contribution is 7.08. The van der Waals surface area contributed by atoms with Gasteiger partial charge < -0.3 is 4.74 Å². The van der Waals surface area contributed by atoms with E-state index in [-0.39, 0.29) is 0 Å². The fourth-order valence-corrected chi connectivity index (χ4v) is 2.35. The molecule has 0 spiro atoms. The van der Waals surface area contributed by atoms with Gasteiger partial charge in [0, 0.05) is 5.56 Å². The predicted molar refractivity (Wildman–Crippen MR) is 61.0 cm³/mol. The van der Waals surface area contributed by atoms with Gasteiger partial charge in [0.1, 0.15) is 5.75 Å². The quantitative estimate of drug-likeness (QED) is 0.724. The molecular weight excluding hydrogens is 192 g/mol. The lowest BCUT2D eigenvalue weighted by Gasteiger charge is -2.07. The maximum absolute atomic E-state index is 5.33. The van der Waals surface area contributed by atoms with E-state index in [2.05, 4.69) is 23.8 Å². The molecule has 0 amide bonds. The van der Waals surface area contributed by atoms with Gasteiger partial charge in [-0.15, -0.1) is 0 Å². The average Bonchev–Trinajstić information content (AvgIpc) is 2.64. The number of hydrogen-bond donors (Lipinski definition) is 0. The first-order valence-corrected chi connectivity index (χ1v) is 5.43. The molecule has 0 saturated heterocycles. The van der Waals surface area contributed by atoms with Crippen molar-refractivity contribution < 1.29 is 4.74 Å². The van der Waals surface area contributed by atoms with Crippen molar-refractivity contribution in [1.29, 1.82) is 0 Å². The van der Waals surface area contributed by atoms with Crippen LogP contribution in [0.2, 0.25) is 0 Å². The maximum Gasteiger partial charge on any atom is 0.126 e. The summed E-state index contributed by atoms with van der Waals surface area (Å²) in [6, 6.07) is 8.11. The fraction of sp³-hybridized carbons (Fsp3) is 0.167. The van der Waals surface area contributed by atoms with E-state index in [0.717, 1.165) is 5.75 Å². The fourth-order valence-electron chi connectivity index (χ4n) is 1.50. The van der Waals surface area contributed by atoms with Crippen LogP contribution in [0.5, 0.6) is 5.75 Å². The van der Waals surface area contributed by atoms with E-state index in [1.54, 1.807) is 18.4 Å². The van der Waals surface area contributed by atoms with Crippen molar-refractivity contribution in [3.63, 3.8) is 0 Å². The Kier molecular flexibility index (Phi) is 2.55. The Morgan fingerprint density at radius 1 is 1.07 bits per heavy atom. The number of para-hydroxylation sites is 1. The van der Waals surface area contributed by atoms with E-state index in [9.17, 15) is 0 Å². The largest absolute Gasteiger partial charge is 0.496 e. The molecule has 1 heterocycles. The van der Waals surface area contributed by atoms with Crippen molar-refractivity contribution >= 4 is 11.3 Å². The Morgan fingerprint density at radius 3 is 2.50 bits per heavy atom. The molecule has 2 rings (SSSR count). The molecule has 0 radical (unpaired) electrons. The summed E-state index contributed by atoms with van der Waals surface area (Å²) in [4.78, 5) is 0. The Bertz CT molecular complexity index is 431. The molecule has 0 aliphatic heterocycles. The van der Waals surface area contributed by atoms with Crippen molar-refractivity contribution in [3.8, 4) is 16.9 Å². The van der Waals surface area contributed by atoms with E-state index in [0.29, 0.717) is 0 Å². The summed E-state index contributed by atoms with van der Waals surface area (Å²) in [6.07, 6.45) is 0. The van der Waals surface area contributed by atoms with E-state index in [1.807, 2.05) is 18.2 Å². The molecule has 0 aliphatic carbocycles. The molecule has 14 heavy (non-hydrogen) atoms. The first-order valence-electron chi connectivity index (χ1n) is 4.49. The predicted octanol–water partition coefficient (Wildman–Crippen LogP) is 3.73. The van der Waals surface area contributed by atoms with Gasteiger partial charge in [0.25, 0.3) is 0 Å². The van der Waals surface area contributed by atoms with Crippen LogP contribution in [-0.4, -0.2) is 7.11 Å². The maximum atomic E-state index is 5.33. The standard InChI is InChI=1S/C12H12OS/c1-9-7-14-8-11(9)10-5-3-4-6-12(10)13-2/h3-8H,1-2H3. The van der Waals surface area contributed by atoms with Gasteiger partial charge in [-0.2, -0.15) is 11.3 Å². The van der Waals surface area contributed by atoms with Crippen LogP contribution in [0.25, 0.3) is 11.1 Å². The Labute approximate surface area is 88.0 Å². The molecule has 72 valence electrons. The number of rotatable bonds is 2. The summed E-state index contributed by atoms with van der Waals surface area (Å²) in [5, 5.41) is 4.31. The van der Waals surface area contributed by atoms with E-state index in [4.69, 9.17) is 4.74 Å². The molecule has 0 saturated carbocycles. The molecule has 0 N–H and O–H groups in total. The Balaban J connectivity index is 2.56. The number of hydrogen-bond acceptors (Lipinski definition) is 2. The van der Waals surface area contributed by atoms with Gasteiger partial charge in [0.15, 0.2) is 0 Å². The van der Waals surface area contributed by atoms with E-state index < -0.39 is 0 Å². The summed E-state index contributed by atoms with van der Waals surface area (Å²) in [5.41, 5.74) is 3.75. The minimum absolute atomic E-state index is 0.939. The average molecular weight is 204 g/mol. The van der Waals surface area contributed by atoms with Crippen LogP contribution in [-0.2, 0) is 0 Å². The van der Waals surface area contributed by atoms with Crippen LogP contribution in [0.3, 0.4) is 0 Å². The summed E-state index contributed by atoms with van der Waals surface area (Å²) in [5.74, 6) is 0.939. The lowest BCUT2D eigenvalue weighted by Crippen LogP contribution is -1.86. The number of methoxy groups -OCH3 is 1. The number of thiophene rings is 1. The lowest BCUT2D eigenvalue weighted by molar-refractivity contribution is 0.416. The zero-order valence-corrected chi connectivity index (χ0v) is 9.10. The molecule has 1 aromatic heterocycles. The van der Waals surface area contributed by atoms with E-state index >= 15 is 0 Å². The second-order valence-corrected chi connectivity index (χ2v) is 3.91. The van der Waals surface area contributed by atoms with Crippen LogP contribution >= 0.6 is 11.3 Å². The zero-order valence-electron chi connectivity index (χ0n) is 8.28. The van der Waals surface area contributed by atoms with Gasteiger partial charge in [-0.05, 0) is 34.9 Å². The lowest BCUT2D eigenvalue weighted by atomic mass is 10.0. The van der Waals surface area contributed by atoms with Crippen LogP contribution in [0.1, 0.15) is 5.56 Å². The smallest absolute Gasteiger partial charge is 0.126 e. The van der Waals surface area contributed by atoms with Gasteiger partial charge in [-0.3, -0.25) is 0 Å². The van der Waals surface area contributed by atoms with Crippen molar-refractivity contribution in [2.45, 2.75) is 6.92 Å². The minimum Gasteiger partial charge on any atom is -0.496 e. The summed E-state index contributed by atoms with van der Waals surface area (Å²) < 4.78 is 5.33.